The molecule has 3 atom stereocenters. The van der Waals surface area contributed by atoms with Gasteiger partial charge in [-0.15, -0.1) is 11.3 Å². The van der Waals surface area contributed by atoms with Gasteiger partial charge in [0.05, 0.1) is 20.2 Å². The van der Waals surface area contributed by atoms with E-state index in [9.17, 15) is 13.2 Å². The lowest BCUT2D eigenvalue weighted by Crippen LogP contribution is -2.19. The van der Waals surface area contributed by atoms with Crippen LogP contribution in [0.3, 0.4) is 0 Å². The van der Waals surface area contributed by atoms with E-state index in [4.69, 9.17) is 0 Å². The molecule has 1 aliphatic rings. The van der Waals surface area contributed by atoms with Crippen molar-refractivity contribution in [1.29, 1.82) is 0 Å². The van der Waals surface area contributed by atoms with E-state index < -0.39 is 9.84 Å². The zero-order valence-corrected chi connectivity index (χ0v) is 19.1. The lowest BCUT2D eigenvalue weighted by molar-refractivity contribution is 0.104. The quantitative estimate of drug-likeness (QED) is 0.513. The molecule has 31 heavy (non-hydrogen) atoms. The highest BCUT2D eigenvalue weighted by Crippen LogP contribution is 2.36. The summed E-state index contributed by atoms with van der Waals surface area (Å²) in [6.07, 6.45) is 6.15. The van der Waals surface area contributed by atoms with E-state index in [-0.39, 0.29) is 21.6 Å². The zero-order chi connectivity index (χ0) is 22.0. The van der Waals surface area contributed by atoms with Crippen LogP contribution in [0.1, 0.15) is 48.3 Å². The second-order valence-corrected chi connectivity index (χ2v) is 10.9. The molecule has 6 nitrogen and oxygen atoms in total. The van der Waals surface area contributed by atoms with Gasteiger partial charge in [-0.05, 0) is 42.9 Å². The average molecular weight is 456 g/mol. The fourth-order valence-electron chi connectivity index (χ4n) is 4.27. The highest BCUT2D eigenvalue weighted by Gasteiger charge is 2.31. The van der Waals surface area contributed by atoms with E-state index in [0.29, 0.717) is 28.1 Å². The molecule has 162 valence electrons. The number of aromatic nitrogens is 2. The summed E-state index contributed by atoms with van der Waals surface area (Å²) in [6.45, 7) is 4.48. The topological polar surface area (TPSA) is 89.0 Å². The third kappa shape index (κ3) is 4.41. The fraction of sp³-hybridized carbons (Fsp3) is 0.348. The lowest BCUT2D eigenvalue weighted by atomic mass is 9.96. The van der Waals surface area contributed by atoms with Crippen LogP contribution >= 0.6 is 11.3 Å². The van der Waals surface area contributed by atoms with E-state index in [2.05, 4.69) is 29.1 Å². The summed E-state index contributed by atoms with van der Waals surface area (Å²) >= 11 is 1.12. The molecule has 1 fully saturated rings. The van der Waals surface area contributed by atoms with Crippen LogP contribution in [0.5, 0.6) is 0 Å². The minimum atomic E-state index is -3.67. The summed E-state index contributed by atoms with van der Waals surface area (Å²) in [6, 6.07) is 9.92. The Morgan fingerprint density at radius 1 is 1.19 bits per heavy atom. The van der Waals surface area contributed by atoms with Gasteiger partial charge in [-0.3, -0.25) is 4.79 Å². The summed E-state index contributed by atoms with van der Waals surface area (Å²) in [5.41, 5.74) is 0.362. The molecular weight excluding hydrogens is 430 g/mol. The molecule has 0 spiro atoms. The highest BCUT2D eigenvalue weighted by molar-refractivity contribution is 7.91. The number of nitrogens with zero attached hydrogens (tertiary/aromatic N) is 2. The van der Waals surface area contributed by atoms with Crippen LogP contribution in [0.25, 0.3) is 0 Å². The maximum absolute atomic E-state index is 13.2. The lowest BCUT2D eigenvalue weighted by Gasteiger charge is -2.15. The largest absolute Gasteiger partial charge is 0.367 e. The maximum Gasteiger partial charge on any atom is 0.208 e. The van der Waals surface area contributed by atoms with Crippen molar-refractivity contribution >= 4 is 32.8 Å². The molecule has 3 aromatic rings. The van der Waals surface area contributed by atoms with Gasteiger partial charge in [0.25, 0.3) is 0 Å². The first-order chi connectivity index (χ1) is 14.9. The van der Waals surface area contributed by atoms with Crippen LogP contribution in [0, 0.1) is 11.8 Å². The predicted molar refractivity (Wildman–Crippen MR) is 121 cm³/mol. The van der Waals surface area contributed by atoms with Crippen molar-refractivity contribution in [2.45, 2.75) is 48.9 Å². The number of nitrogens with one attached hydrogen (secondary N) is 1. The van der Waals surface area contributed by atoms with Crippen molar-refractivity contribution in [2.75, 3.05) is 5.32 Å². The fourth-order valence-corrected chi connectivity index (χ4v) is 6.78. The Labute approximate surface area is 186 Å². The normalized spacial score (nSPS) is 21.2. The first kappa shape index (κ1) is 21.6. The molecule has 1 N–H and O–H groups in total. The molecule has 4 rings (SSSR count). The van der Waals surface area contributed by atoms with Crippen molar-refractivity contribution in [2.24, 2.45) is 11.8 Å². The van der Waals surface area contributed by atoms with Gasteiger partial charge in [-0.25, -0.2) is 18.4 Å². The first-order valence-electron chi connectivity index (χ1n) is 10.4. The molecule has 0 saturated heterocycles. The number of thiophene rings is 1. The summed E-state index contributed by atoms with van der Waals surface area (Å²) in [5, 5.41) is 4.94. The van der Waals surface area contributed by atoms with E-state index in [0.717, 1.165) is 30.6 Å². The van der Waals surface area contributed by atoms with Crippen molar-refractivity contribution in [3.8, 4) is 0 Å². The monoisotopic (exact) mass is 455 g/mol. The summed E-state index contributed by atoms with van der Waals surface area (Å²) in [5.74, 6) is 1.53. The Morgan fingerprint density at radius 3 is 2.68 bits per heavy atom. The number of ketones is 1. The van der Waals surface area contributed by atoms with Crippen LogP contribution < -0.4 is 5.32 Å². The van der Waals surface area contributed by atoms with Gasteiger partial charge < -0.3 is 5.32 Å². The molecule has 1 aromatic carbocycles. The first-order valence-corrected chi connectivity index (χ1v) is 12.8. The van der Waals surface area contributed by atoms with Crippen molar-refractivity contribution in [3.63, 3.8) is 0 Å². The Balaban J connectivity index is 1.58. The van der Waals surface area contributed by atoms with Crippen LogP contribution in [0.4, 0.5) is 5.82 Å². The smallest absolute Gasteiger partial charge is 0.208 e. The Bertz CT molecular complexity index is 1180. The number of anilines is 1. The molecular formula is C23H25N3O3S2. The van der Waals surface area contributed by atoms with Crippen LogP contribution in [0.15, 0.2) is 64.1 Å². The molecule has 0 unspecified atom stereocenters. The van der Waals surface area contributed by atoms with E-state index in [1.54, 1.807) is 30.3 Å². The van der Waals surface area contributed by atoms with E-state index >= 15 is 0 Å². The van der Waals surface area contributed by atoms with Crippen molar-refractivity contribution in [3.05, 3.63) is 64.7 Å². The summed E-state index contributed by atoms with van der Waals surface area (Å²) in [7, 11) is -3.67. The molecule has 0 amide bonds. The Morgan fingerprint density at radius 2 is 1.97 bits per heavy atom. The standard InChI is InChI=1S/C23H25N3O3S2/c1-3-16-10-17(9-15(16)2)26-23-20(12-24-14-25-23)22(27)21-11-19(13-30-21)31(28,29)18-7-5-4-6-8-18/h4-8,11-17H,3,9-10H2,1-2H3,(H,24,25,26)/t15-,16-,17-/m0/s1. The number of hydrogen-bond acceptors (Lipinski definition) is 7. The molecule has 0 bridgehead atoms. The molecule has 2 aromatic heterocycles. The van der Waals surface area contributed by atoms with Gasteiger partial charge >= 0.3 is 0 Å². The number of rotatable bonds is 7. The number of carbonyl (C=O) groups excluding carboxylic acids is 1. The summed E-state index contributed by atoms with van der Waals surface area (Å²) in [4.78, 5) is 22.2. The highest BCUT2D eigenvalue weighted by atomic mass is 32.2. The van der Waals surface area contributed by atoms with Crippen LogP contribution in [-0.4, -0.2) is 30.2 Å². The Hall–Kier alpha value is -2.58. The van der Waals surface area contributed by atoms with Crippen LogP contribution in [0.2, 0.25) is 0 Å². The summed E-state index contributed by atoms with van der Waals surface area (Å²) < 4.78 is 25.7. The number of hydrogen-bond donors (Lipinski definition) is 1. The number of sulfone groups is 1. The van der Waals surface area contributed by atoms with Gasteiger partial charge in [0.2, 0.25) is 15.6 Å². The van der Waals surface area contributed by atoms with Gasteiger partial charge in [0.15, 0.2) is 0 Å². The minimum absolute atomic E-state index is 0.119. The predicted octanol–water partition coefficient (Wildman–Crippen LogP) is 4.84. The molecule has 8 heteroatoms. The van der Waals surface area contributed by atoms with Gasteiger partial charge in [0.1, 0.15) is 12.1 Å². The number of carbonyl (C=O) groups is 1. The Kier molecular flexibility index (Phi) is 6.20. The minimum Gasteiger partial charge on any atom is -0.367 e. The van der Waals surface area contributed by atoms with Gasteiger partial charge in [-0.1, -0.05) is 38.5 Å². The zero-order valence-electron chi connectivity index (χ0n) is 17.5. The third-order valence-electron chi connectivity index (χ3n) is 6.03. The molecule has 2 heterocycles. The van der Waals surface area contributed by atoms with Crippen molar-refractivity contribution < 1.29 is 13.2 Å². The second-order valence-electron chi connectivity index (χ2n) is 8.04. The van der Waals surface area contributed by atoms with E-state index in [1.165, 1.54) is 24.0 Å². The maximum atomic E-state index is 13.2. The van der Waals surface area contributed by atoms with Crippen molar-refractivity contribution in [1.82, 2.24) is 9.97 Å². The molecule has 0 radical (unpaired) electrons. The second kappa shape index (κ2) is 8.88. The molecule has 0 aliphatic heterocycles. The average Bonchev–Trinajstić information content (AvgIpc) is 3.41. The third-order valence-corrected chi connectivity index (χ3v) is 8.86. The number of benzene rings is 1. The van der Waals surface area contributed by atoms with Crippen LogP contribution in [-0.2, 0) is 9.84 Å². The molecule has 1 aliphatic carbocycles. The molecule has 1 saturated carbocycles. The SMILES string of the molecule is CC[C@H]1C[C@@H](Nc2ncncc2C(=O)c2cc(S(=O)(=O)c3ccccc3)cs2)C[C@@H]1C. The van der Waals surface area contributed by atoms with Gasteiger partial charge in [0, 0.05) is 17.6 Å². The van der Waals surface area contributed by atoms with E-state index in [1.807, 2.05) is 0 Å². The van der Waals surface area contributed by atoms with Gasteiger partial charge in [-0.2, -0.15) is 0 Å².